The monoisotopic (exact) mass is 457 g/mol. The van der Waals surface area contributed by atoms with Crippen LogP contribution in [-0.4, -0.2) is 20.5 Å². The zero-order valence-corrected chi connectivity index (χ0v) is 19.9. The Labute approximate surface area is 191 Å². The highest BCUT2D eigenvalue weighted by molar-refractivity contribution is 7.89. The summed E-state index contributed by atoms with van der Waals surface area (Å²) < 4.78 is 29.4. The normalized spacial score (nSPS) is 40.8. The number of hydrogen-bond acceptors (Lipinski definition) is 4. The van der Waals surface area contributed by atoms with Crippen LogP contribution in [0.2, 0.25) is 0 Å². The van der Waals surface area contributed by atoms with Gasteiger partial charge in [-0.25, -0.2) is 18.4 Å². The highest BCUT2D eigenvalue weighted by atomic mass is 32.2. The molecule has 0 aromatic heterocycles. The molecular weight excluding hydrogens is 422 g/mol. The van der Waals surface area contributed by atoms with Crippen LogP contribution in [0, 0.1) is 34.5 Å². The number of sulfonamides is 1. The van der Waals surface area contributed by atoms with Gasteiger partial charge in [0.1, 0.15) is 6.10 Å². The predicted octanol–water partition coefficient (Wildman–Crippen LogP) is 5.07. The van der Waals surface area contributed by atoms with E-state index in [0.717, 1.165) is 37.0 Å². The van der Waals surface area contributed by atoms with Gasteiger partial charge in [0.2, 0.25) is 10.0 Å². The number of primary sulfonamides is 1. The van der Waals surface area contributed by atoms with E-state index >= 15 is 0 Å². The molecule has 0 heterocycles. The van der Waals surface area contributed by atoms with Crippen LogP contribution < -0.4 is 5.14 Å². The molecule has 0 bridgehead atoms. The second-order valence-corrected chi connectivity index (χ2v) is 12.7. The first-order valence-electron chi connectivity index (χ1n) is 12.1. The molecule has 4 aliphatic carbocycles. The standard InChI is InChI=1S/C26H35NO4S/c1-25-14-4-3-7-18(25)9-10-20-21-11-12-23(26(21,2)15-13-22(20)25)31-24(28)17-6-5-8-19(16-17)32(27,29)30/h3-6,8,16,18,20-23H,7,9-15H2,1-2H3,(H2,27,29,30)/t18?,20?,21?,22?,23-,25-,26-/m0/s1. The van der Waals surface area contributed by atoms with Crippen molar-refractivity contribution in [3.05, 3.63) is 42.0 Å². The molecule has 0 saturated heterocycles. The zero-order chi connectivity index (χ0) is 22.7. The van der Waals surface area contributed by atoms with Gasteiger partial charge in [-0.05, 0) is 98.7 Å². The average Bonchev–Trinajstić information content (AvgIpc) is 3.09. The molecule has 0 radical (unpaired) electrons. The molecule has 32 heavy (non-hydrogen) atoms. The smallest absolute Gasteiger partial charge is 0.338 e. The van der Waals surface area contributed by atoms with Gasteiger partial charge in [-0.3, -0.25) is 0 Å². The minimum absolute atomic E-state index is 0.00207. The van der Waals surface area contributed by atoms with Gasteiger partial charge in [0.25, 0.3) is 0 Å². The number of allylic oxidation sites excluding steroid dienone is 2. The molecule has 4 aliphatic rings. The van der Waals surface area contributed by atoms with Gasteiger partial charge >= 0.3 is 5.97 Å². The Hall–Kier alpha value is -1.66. The first-order valence-corrected chi connectivity index (χ1v) is 13.7. The van der Waals surface area contributed by atoms with Crippen LogP contribution in [0.25, 0.3) is 0 Å². The third-order valence-corrected chi connectivity index (χ3v) is 10.7. The first-order chi connectivity index (χ1) is 15.1. The Kier molecular flexibility index (Phi) is 5.33. The predicted molar refractivity (Wildman–Crippen MR) is 123 cm³/mol. The molecule has 1 aromatic rings. The molecule has 3 fully saturated rings. The summed E-state index contributed by atoms with van der Waals surface area (Å²) in [5, 5.41) is 5.23. The highest BCUT2D eigenvalue weighted by Crippen LogP contribution is 2.66. The minimum atomic E-state index is -3.86. The molecule has 174 valence electrons. The van der Waals surface area contributed by atoms with Crippen LogP contribution in [0.15, 0.2) is 41.3 Å². The number of nitrogens with two attached hydrogens (primary N) is 1. The summed E-state index contributed by atoms with van der Waals surface area (Å²) in [6.45, 7) is 4.86. The molecule has 7 atom stereocenters. The molecule has 0 aliphatic heterocycles. The Morgan fingerprint density at radius 1 is 1.03 bits per heavy atom. The molecule has 2 N–H and O–H groups in total. The third-order valence-electron chi connectivity index (χ3n) is 9.77. The maximum atomic E-state index is 13.0. The van der Waals surface area contributed by atoms with Crippen LogP contribution >= 0.6 is 0 Å². The Morgan fingerprint density at radius 2 is 1.81 bits per heavy atom. The van der Waals surface area contributed by atoms with Crippen LogP contribution in [0.3, 0.4) is 0 Å². The van der Waals surface area contributed by atoms with Gasteiger partial charge in [-0.2, -0.15) is 0 Å². The number of fused-ring (bicyclic) bond motifs is 5. The van der Waals surface area contributed by atoms with E-state index in [-0.39, 0.29) is 22.0 Å². The van der Waals surface area contributed by atoms with E-state index in [2.05, 4.69) is 26.0 Å². The van der Waals surface area contributed by atoms with E-state index in [4.69, 9.17) is 9.88 Å². The maximum absolute atomic E-state index is 13.0. The third kappa shape index (κ3) is 3.45. The van der Waals surface area contributed by atoms with E-state index in [9.17, 15) is 13.2 Å². The molecule has 1 aromatic carbocycles. The molecule has 0 spiro atoms. The van der Waals surface area contributed by atoms with Crippen molar-refractivity contribution in [1.29, 1.82) is 0 Å². The number of ether oxygens (including phenoxy) is 1. The molecular formula is C26H35NO4S. The summed E-state index contributed by atoms with van der Waals surface area (Å²) >= 11 is 0. The SMILES string of the molecule is C[C@]12CC=CCC1CCC1C2CC[C@@]2(C)C1CC[C@@H]2OC(=O)c1cccc(S(N)(=O)=O)c1. The lowest BCUT2D eigenvalue weighted by molar-refractivity contribution is -0.111. The molecule has 3 saturated carbocycles. The second-order valence-electron chi connectivity index (χ2n) is 11.2. The van der Waals surface area contributed by atoms with Crippen molar-refractivity contribution in [2.75, 3.05) is 0 Å². The van der Waals surface area contributed by atoms with Gasteiger partial charge in [0, 0.05) is 5.41 Å². The Bertz CT molecular complexity index is 1050. The quantitative estimate of drug-likeness (QED) is 0.507. The van der Waals surface area contributed by atoms with Crippen LogP contribution in [0.1, 0.15) is 75.6 Å². The van der Waals surface area contributed by atoms with E-state index in [1.54, 1.807) is 12.1 Å². The fourth-order valence-electron chi connectivity index (χ4n) is 7.98. The van der Waals surface area contributed by atoms with Crippen molar-refractivity contribution in [3.63, 3.8) is 0 Å². The second kappa shape index (κ2) is 7.69. The number of rotatable bonds is 3. The van der Waals surface area contributed by atoms with Crippen LogP contribution in [-0.2, 0) is 14.8 Å². The van der Waals surface area contributed by atoms with E-state index in [1.807, 2.05) is 0 Å². The summed E-state index contributed by atoms with van der Waals surface area (Å²) in [6, 6.07) is 5.86. The average molecular weight is 458 g/mol. The number of carbonyl (C=O) groups is 1. The minimum Gasteiger partial charge on any atom is -0.458 e. The van der Waals surface area contributed by atoms with Gasteiger partial charge in [-0.15, -0.1) is 0 Å². The van der Waals surface area contributed by atoms with E-state index in [1.165, 1.54) is 44.2 Å². The largest absolute Gasteiger partial charge is 0.458 e. The topological polar surface area (TPSA) is 86.5 Å². The summed E-state index contributed by atoms with van der Waals surface area (Å²) in [5.41, 5.74) is 0.670. The van der Waals surface area contributed by atoms with E-state index in [0.29, 0.717) is 11.3 Å². The molecule has 6 heteroatoms. The van der Waals surface area contributed by atoms with Crippen molar-refractivity contribution in [2.45, 2.75) is 76.2 Å². The molecule has 4 unspecified atom stereocenters. The van der Waals surface area contributed by atoms with Crippen molar-refractivity contribution < 1.29 is 17.9 Å². The van der Waals surface area contributed by atoms with Gasteiger partial charge in [0.15, 0.2) is 0 Å². The number of esters is 1. The summed E-state index contributed by atoms with van der Waals surface area (Å²) in [4.78, 5) is 12.9. The summed E-state index contributed by atoms with van der Waals surface area (Å²) in [7, 11) is -3.86. The van der Waals surface area contributed by atoms with Crippen LogP contribution in [0.5, 0.6) is 0 Å². The van der Waals surface area contributed by atoms with Gasteiger partial charge < -0.3 is 4.74 Å². The molecule has 5 rings (SSSR count). The van der Waals surface area contributed by atoms with E-state index < -0.39 is 16.0 Å². The number of carbonyl (C=O) groups excluding carboxylic acids is 1. The van der Waals surface area contributed by atoms with Crippen molar-refractivity contribution in [2.24, 2.45) is 39.6 Å². The lowest BCUT2D eigenvalue weighted by Crippen LogP contribution is -2.53. The molecule has 5 nitrogen and oxygen atoms in total. The van der Waals surface area contributed by atoms with Gasteiger partial charge in [-0.1, -0.05) is 32.1 Å². The Morgan fingerprint density at radius 3 is 2.59 bits per heavy atom. The zero-order valence-electron chi connectivity index (χ0n) is 19.1. The fourth-order valence-corrected chi connectivity index (χ4v) is 8.54. The van der Waals surface area contributed by atoms with Gasteiger partial charge in [0.05, 0.1) is 10.5 Å². The van der Waals surface area contributed by atoms with Crippen molar-refractivity contribution in [1.82, 2.24) is 0 Å². The summed E-state index contributed by atoms with van der Waals surface area (Å²) in [5.74, 6) is 2.45. The van der Waals surface area contributed by atoms with Crippen molar-refractivity contribution in [3.8, 4) is 0 Å². The lowest BCUT2D eigenvalue weighted by atomic mass is 9.46. The number of hydrogen-bond donors (Lipinski definition) is 1. The number of benzene rings is 1. The maximum Gasteiger partial charge on any atom is 0.338 e. The summed E-state index contributed by atoms with van der Waals surface area (Å²) in [6.07, 6.45) is 14.1. The Balaban J connectivity index is 1.34. The fraction of sp³-hybridized carbons (Fsp3) is 0.654. The molecule has 0 amide bonds. The first kappa shape index (κ1) is 22.1. The lowest BCUT2D eigenvalue weighted by Gasteiger charge is -2.59. The highest BCUT2D eigenvalue weighted by Gasteiger charge is 2.60. The van der Waals surface area contributed by atoms with Crippen LogP contribution in [0.4, 0.5) is 0 Å². The van der Waals surface area contributed by atoms with Crippen molar-refractivity contribution >= 4 is 16.0 Å².